The van der Waals surface area contributed by atoms with Crippen molar-refractivity contribution in [2.45, 2.75) is 31.8 Å². The van der Waals surface area contributed by atoms with Crippen molar-refractivity contribution in [2.24, 2.45) is 5.73 Å². The lowest BCUT2D eigenvalue weighted by atomic mass is 10.0. The predicted molar refractivity (Wildman–Crippen MR) is 42.1 cm³/mol. The Morgan fingerprint density at radius 3 is 2.60 bits per heavy atom. The third kappa shape index (κ3) is 2.15. The van der Waals surface area contributed by atoms with Crippen molar-refractivity contribution in [2.75, 3.05) is 0 Å². The van der Waals surface area contributed by atoms with Gasteiger partial charge in [-0.1, -0.05) is 0 Å². The molecule has 0 bridgehead atoms. The molecule has 3 nitrogen and oxygen atoms in total. The quantitative estimate of drug-likeness (QED) is 0.531. The van der Waals surface area contributed by atoms with Crippen LogP contribution in [0, 0.1) is 0 Å². The van der Waals surface area contributed by atoms with E-state index in [0.717, 1.165) is 12.8 Å². The van der Waals surface area contributed by atoms with E-state index in [2.05, 4.69) is 5.32 Å². The van der Waals surface area contributed by atoms with Crippen molar-refractivity contribution in [3.63, 3.8) is 0 Å². The van der Waals surface area contributed by atoms with Gasteiger partial charge in [0.1, 0.15) is 0 Å². The number of carbonyl (C=O) groups excluding carboxylic acids is 1. The molecule has 0 unspecified atom stereocenters. The van der Waals surface area contributed by atoms with Crippen molar-refractivity contribution in [3.8, 4) is 0 Å². The summed E-state index contributed by atoms with van der Waals surface area (Å²) in [4.78, 5) is 10.8. The summed E-state index contributed by atoms with van der Waals surface area (Å²) in [5.74, 6) is -0.00579. The number of rotatable bonds is 0. The lowest BCUT2D eigenvalue weighted by Gasteiger charge is -2.23. The van der Waals surface area contributed by atoms with Gasteiger partial charge in [0.05, 0.1) is 6.04 Å². The summed E-state index contributed by atoms with van der Waals surface area (Å²) in [6.45, 7) is 1.99. The molecule has 1 amide bonds. The molecule has 0 spiro atoms. The third-order valence-corrected chi connectivity index (χ3v) is 1.64. The third-order valence-electron chi connectivity index (χ3n) is 1.64. The van der Waals surface area contributed by atoms with E-state index >= 15 is 0 Å². The van der Waals surface area contributed by atoms with Gasteiger partial charge in [0.2, 0.25) is 5.91 Å². The van der Waals surface area contributed by atoms with Crippen molar-refractivity contribution in [1.82, 2.24) is 5.32 Å². The second kappa shape index (κ2) is 3.78. The topological polar surface area (TPSA) is 55.1 Å². The summed E-state index contributed by atoms with van der Waals surface area (Å²) >= 11 is 0. The van der Waals surface area contributed by atoms with Crippen molar-refractivity contribution >= 4 is 18.3 Å². The fourth-order valence-corrected chi connectivity index (χ4v) is 0.983. The Balaban J connectivity index is 0.000000810. The van der Waals surface area contributed by atoms with Gasteiger partial charge in [0.15, 0.2) is 0 Å². The maximum atomic E-state index is 10.8. The first-order chi connectivity index (χ1) is 4.20. The van der Waals surface area contributed by atoms with E-state index in [9.17, 15) is 4.79 Å². The van der Waals surface area contributed by atoms with Crippen molar-refractivity contribution in [3.05, 3.63) is 0 Å². The molecule has 3 N–H and O–H groups in total. The summed E-state index contributed by atoms with van der Waals surface area (Å²) in [6.07, 6.45) is 1.83. The van der Waals surface area contributed by atoms with Crippen LogP contribution in [0.5, 0.6) is 0 Å². The number of amides is 1. The second-order valence-corrected chi connectivity index (χ2v) is 2.59. The Labute approximate surface area is 66.8 Å². The number of halogens is 1. The predicted octanol–water partition coefficient (Wildman–Crippen LogP) is 0.0340. The molecule has 1 saturated heterocycles. The molecule has 0 aromatic carbocycles. The van der Waals surface area contributed by atoms with E-state index in [1.165, 1.54) is 0 Å². The van der Waals surface area contributed by atoms with E-state index < -0.39 is 0 Å². The minimum absolute atomic E-state index is 0. The Morgan fingerprint density at radius 1 is 1.60 bits per heavy atom. The number of nitrogens with two attached hydrogens (primary N) is 1. The molecule has 1 aliphatic heterocycles. The number of piperidine rings is 1. The minimum Gasteiger partial charge on any atom is -0.352 e. The van der Waals surface area contributed by atoms with Gasteiger partial charge in [-0.15, -0.1) is 12.4 Å². The average molecular weight is 165 g/mol. The van der Waals surface area contributed by atoms with Crippen LogP contribution in [-0.2, 0) is 4.79 Å². The average Bonchev–Trinajstić information content (AvgIpc) is 1.80. The number of carbonyl (C=O) groups is 1. The Bertz CT molecular complexity index is 129. The molecule has 1 aliphatic rings. The largest absolute Gasteiger partial charge is 0.352 e. The second-order valence-electron chi connectivity index (χ2n) is 2.59. The molecule has 0 aromatic rings. The van der Waals surface area contributed by atoms with E-state index in [1.54, 1.807) is 0 Å². The van der Waals surface area contributed by atoms with E-state index in [0.29, 0.717) is 6.04 Å². The van der Waals surface area contributed by atoms with Crippen LogP contribution in [0.4, 0.5) is 0 Å². The normalized spacial score (nSPS) is 32.4. The van der Waals surface area contributed by atoms with Gasteiger partial charge in [0, 0.05) is 6.04 Å². The Kier molecular flexibility index (Phi) is 3.68. The summed E-state index contributed by atoms with van der Waals surface area (Å²) in [7, 11) is 0. The van der Waals surface area contributed by atoms with Crippen LogP contribution in [0.15, 0.2) is 0 Å². The van der Waals surface area contributed by atoms with E-state index in [4.69, 9.17) is 5.73 Å². The first-order valence-corrected chi connectivity index (χ1v) is 3.26. The van der Waals surface area contributed by atoms with Gasteiger partial charge >= 0.3 is 0 Å². The van der Waals surface area contributed by atoms with Crippen LogP contribution in [0.3, 0.4) is 0 Å². The zero-order chi connectivity index (χ0) is 6.85. The molecule has 1 heterocycles. The molecule has 4 heteroatoms. The van der Waals surface area contributed by atoms with Crippen LogP contribution in [0.1, 0.15) is 19.8 Å². The highest BCUT2D eigenvalue weighted by atomic mass is 35.5. The number of hydrogen-bond acceptors (Lipinski definition) is 2. The maximum Gasteiger partial charge on any atom is 0.237 e. The van der Waals surface area contributed by atoms with Crippen LogP contribution >= 0.6 is 12.4 Å². The smallest absolute Gasteiger partial charge is 0.237 e. The summed E-state index contributed by atoms with van der Waals surface area (Å²) < 4.78 is 0. The summed E-state index contributed by atoms with van der Waals surface area (Å²) in [5, 5.41) is 2.77. The zero-order valence-electron chi connectivity index (χ0n) is 5.96. The maximum absolute atomic E-state index is 10.8. The van der Waals surface area contributed by atoms with Gasteiger partial charge in [-0.25, -0.2) is 0 Å². The molecule has 1 rings (SSSR count). The monoisotopic (exact) mass is 164 g/mol. The number of hydrogen-bond donors (Lipinski definition) is 2. The molecular weight excluding hydrogens is 152 g/mol. The number of nitrogens with one attached hydrogen (secondary N) is 1. The highest BCUT2D eigenvalue weighted by molar-refractivity contribution is 5.85. The molecular formula is C6H13ClN2O. The molecule has 10 heavy (non-hydrogen) atoms. The molecule has 1 fully saturated rings. The van der Waals surface area contributed by atoms with Crippen LogP contribution in [0.25, 0.3) is 0 Å². The Hall–Kier alpha value is -0.280. The summed E-state index contributed by atoms with van der Waals surface area (Å²) in [5.41, 5.74) is 5.43. The molecule has 0 saturated carbocycles. The van der Waals surface area contributed by atoms with Crippen LogP contribution in [-0.4, -0.2) is 18.0 Å². The first kappa shape index (κ1) is 9.72. The standard InChI is InChI=1S/C6H12N2O.ClH/c1-4-2-3-5(7)6(9)8-4;/h4-5H,2-3,7H2,1H3,(H,8,9);1H/t4-,5+;/m0./s1. The minimum atomic E-state index is -0.263. The Morgan fingerprint density at radius 2 is 2.20 bits per heavy atom. The molecule has 0 radical (unpaired) electrons. The molecule has 0 aromatic heterocycles. The van der Waals surface area contributed by atoms with Crippen molar-refractivity contribution in [1.29, 1.82) is 0 Å². The fraction of sp³-hybridized carbons (Fsp3) is 0.833. The first-order valence-electron chi connectivity index (χ1n) is 3.26. The highest BCUT2D eigenvalue weighted by Gasteiger charge is 2.21. The zero-order valence-corrected chi connectivity index (χ0v) is 6.78. The van der Waals surface area contributed by atoms with Crippen LogP contribution in [0.2, 0.25) is 0 Å². The molecule has 0 aliphatic carbocycles. The molecule has 60 valence electrons. The van der Waals surface area contributed by atoms with Gasteiger partial charge in [-0.3, -0.25) is 4.79 Å². The molecule has 2 atom stereocenters. The van der Waals surface area contributed by atoms with E-state index in [-0.39, 0.29) is 24.4 Å². The lowest BCUT2D eigenvalue weighted by Crippen LogP contribution is -2.49. The van der Waals surface area contributed by atoms with Gasteiger partial charge in [-0.2, -0.15) is 0 Å². The van der Waals surface area contributed by atoms with Crippen LogP contribution < -0.4 is 11.1 Å². The van der Waals surface area contributed by atoms with Gasteiger partial charge in [-0.05, 0) is 19.8 Å². The highest BCUT2D eigenvalue weighted by Crippen LogP contribution is 2.05. The lowest BCUT2D eigenvalue weighted by molar-refractivity contribution is -0.124. The van der Waals surface area contributed by atoms with Gasteiger partial charge < -0.3 is 11.1 Å². The van der Waals surface area contributed by atoms with Crippen molar-refractivity contribution < 1.29 is 4.79 Å². The fourth-order valence-electron chi connectivity index (χ4n) is 0.983. The SMILES string of the molecule is C[C@H]1CC[C@@H](N)C(=O)N1.Cl. The van der Waals surface area contributed by atoms with Gasteiger partial charge in [0.25, 0.3) is 0 Å². The van der Waals surface area contributed by atoms with E-state index in [1.807, 2.05) is 6.92 Å². The summed E-state index contributed by atoms with van der Waals surface area (Å²) in [6, 6.07) is 0.0542.